The van der Waals surface area contributed by atoms with E-state index in [0.717, 1.165) is 35.3 Å². The molecule has 1 aromatic heterocycles. The van der Waals surface area contributed by atoms with Gasteiger partial charge in [0.25, 0.3) is 0 Å². The minimum atomic E-state index is -0.0393. The highest BCUT2D eigenvalue weighted by molar-refractivity contribution is 6.31. The zero-order valence-electron chi connectivity index (χ0n) is 14.8. The summed E-state index contributed by atoms with van der Waals surface area (Å²) in [7, 11) is 0. The Labute approximate surface area is 162 Å². The lowest BCUT2D eigenvalue weighted by Gasteiger charge is -2.27. The van der Waals surface area contributed by atoms with Gasteiger partial charge >= 0.3 is 0 Å². The van der Waals surface area contributed by atoms with Crippen LogP contribution in [0.1, 0.15) is 16.8 Å². The number of hydrogen-bond acceptors (Lipinski definition) is 3. The molecule has 0 saturated heterocycles. The van der Waals surface area contributed by atoms with Crippen molar-refractivity contribution in [3.05, 3.63) is 80.6 Å². The first-order valence-electron chi connectivity index (χ1n) is 8.96. The maximum absolute atomic E-state index is 12.9. The van der Waals surface area contributed by atoms with E-state index in [-0.39, 0.29) is 17.9 Å². The first-order chi connectivity index (χ1) is 13.1. The molecule has 0 bridgehead atoms. The summed E-state index contributed by atoms with van der Waals surface area (Å²) in [6.45, 7) is 1.99. The molecule has 5 nitrogen and oxygen atoms in total. The number of carbonyl (C=O) groups is 1. The van der Waals surface area contributed by atoms with Gasteiger partial charge in [0.05, 0.1) is 6.54 Å². The lowest BCUT2D eigenvalue weighted by Crippen LogP contribution is -2.41. The molecule has 0 unspecified atom stereocenters. The van der Waals surface area contributed by atoms with E-state index in [1.165, 1.54) is 0 Å². The molecule has 27 heavy (non-hydrogen) atoms. The van der Waals surface area contributed by atoms with Gasteiger partial charge in [-0.15, -0.1) is 0 Å². The Bertz CT molecular complexity index is 1050. The van der Waals surface area contributed by atoms with Crippen molar-refractivity contribution in [3.8, 4) is 0 Å². The minimum Gasteiger partial charge on any atom is -0.358 e. The number of nitrogens with one attached hydrogen (secondary N) is 2. The van der Waals surface area contributed by atoms with Crippen LogP contribution >= 0.6 is 11.6 Å². The number of H-pyrrole nitrogens is 1. The number of halogens is 1. The molecule has 0 saturated carbocycles. The molecular weight excluding hydrogens is 362 g/mol. The van der Waals surface area contributed by atoms with Crippen molar-refractivity contribution in [2.45, 2.75) is 19.5 Å². The highest BCUT2D eigenvalue weighted by Crippen LogP contribution is 2.20. The van der Waals surface area contributed by atoms with Gasteiger partial charge in [-0.05, 0) is 23.8 Å². The van der Waals surface area contributed by atoms with Crippen molar-refractivity contribution in [3.63, 3.8) is 0 Å². The van der Waals surface area contributed by atoms with E-state index in [2.05, 4.69) is 10.3 Å². The SMILES string of the molecule is O=C(CN1CCc2[nH]c3ccc(Cl)cc3c(=O)c2C1)NCc1ccccc1. The van der Waals surface area contributed by atoms with Gasteiger partial charge in [0.2, 0.25) is 5.91 Å². The number of fused-ring (bicyclic) bond motifs is 2. The van der Waals surface area contributed by atoms with Crippen molar-refractivity contribution >= 4 is 28.4 Å². The summed E-state index contributed by atoms with van der Waals surface area (Å²) in [5, 5.41) is 4.07. The average molecular weight is 382 g/mol. The molecule has 0 aliphatic carbocycles. The molecule has 6 heteroatoms. The van der Waals surface area contributed by atoms with Crippen LogP contribution in [0.25, 0.3) is 10.9 Å². The molecule has 4 rings (SSSR count). The van der Waals surface area contributed by atoms with E-state index in [1.54, 1.807) is 12.1 Å². The monoisotopic (exact) mass is 381 g/mol. The largest absolute Gasteiger partial charge is 0.358 e. The number of pyridine rings is 1. The molecular formula is C21H20ClN3O2. The molecule has 0 spiro atoms. The van der Waals surface area contributed by atoms with Gasteiger partial charge in [-0.1, -0.05) is 41.9 Å². The van der Waals surface area contributed by atoms with Crippen molar-refractivity contribution < 1.29 is 4.79 Å². The summed E-state index contributed by atoms with van der Waals surface area (Å²) in [6, 6.07) is 15.1. The topological polar surface area (TPSA) is 65.2 Å². The number of rotatable bonds is 4. The fourth-order valence-corrected chi connectivity index (χ4v) is 3.67. The van der Waals surface area contributed by atoms with Gasteiger partial charge in [-0.25, -0.2) is 0 Å². The summed E-state index contributed by atoms with van der Waals surface area (Å²) in [5.74, 6) is -0.0393. The van der Waals surface area contributed by atoms with Gasteiger partial charge in [-0.2, -0.15) is 0 Å². The third-order valence-corrected chi connectivity index (χ3v) is 5.14. The molecule has 2 N–H and O–H groups in total. The van der Waals surface area contributed by atoms with Crippen LogP contribution in [-0.2, 0) is 24.3 Å². The predicted molar refractivity (Wildman–Crippen MR) is 107 cm³/mol. The normalized spacial score (nSPS) is 14.1. The van der Waals surface area contributed by atoms with E-state index in [4.69, 9.17) is 11.6 Å². The first-order valence-corrected chi connectivity index (χ1v) is 9.34. The molecule has 1 aliphatic heterocycles. The van der Waals surface area contributed by atoms with Crippen LogP contribution in [0.4, 0.5) is 0 Å². The number of hydrogen-bond donors (Lipinski definition) is 2. The molecule has 3 aromatic rings. The molecule has 2 aromatic carbocycles. The number of carbonyl (C=O) groups excluding carboxylic acids is 1. The fourth-order valence-electron chi connectivity index (χ4n) is 3.49. The Hall–Kier alpha value is -2.63. The standard InChI is InChI=1S/C21H20ClN3O2/c22-15-6-7-18-16(10-15)21(27)17-12-25(9-8-19(17)24-18)13-20(26)23-11-14-4-2-1-3-5-14/h1-7,10H,8-9,11-13H2,(H,23,26)(H,24,27). The zero-order chi connectivity index (χ0) is 18.8. The quantitative estimate of drug-likeness (QED) is 0.730. The van der Waals surface area contributed by atoms with Crippen LogP contribution in [0.2, 0.25) is 5.02 Å². The van der Waals surface area contributed by atoms with Crippen molar-refractivity contribution in [2.75, 3.05) is 13.1 Å². The second-order valence-electron chi connectivity index (χ2n) is 6.82. The van der Waals surface area contributed by atoms with Gasteiger partial charge in [0.15, 0.2) is 5.43 Å². The predicted octanol–water partition coefficient (Wildman–Crippen LogP) is 2.86. The smallest absolute Gasteiger partial charge is 0.234 e. The first kappa shape index (κ1) is 17.8. The number of benzene rings is 2. The van der Waals surface area contributed by atoms with Gasteiger partial charge < -0.3 is 10.3 Å². The lowest BCUT2D eigenvalue weighted by molar-refractivity contribution is -0.122. The van der Waals surface area contributed by atoms with E-state index in [9.17, 15) is 9.59 Å². The highest BCUT2D eigenvalue weighted by Gasteiger charge is 2.22. The summed E-state index contributed by atoms with van der Waals surface area (Å²) in [4.78, 5) is 30.5. The minimum absolute atomic E-state index is 0.00403. The molecule has 1 amide bonds. The number of aromatic amines is 1. The highest BCUT2D eigenvalue weighted by atomic mass is 35.5. The van der Waals surface area contributed by atoms with E-state index < -0.39 is 0 Å². The molecule has 2 heterocycles. The number of aromatic nitrogens is 1. The van der Waals surface area contributed by atoms with Gasteiger partial charge in [-0.3, -0.25) is 14.5 Å². The van der Waals surface area contributed by atoms with Crippen LogP contribution in [0.15, 0.2) is 53.3 Å². The molecule has 0 fully saturated rings. The molecule has 1 aliphatic rings. The number of amides is 1. The van der Waals surface area contributed by atoms with Gasteiger partial charge in [0.1, 0.15) is 0 Å². The number of nitrogens with zero attached hydrogens (tertiary/aromatic N) is 1. The van der Waals surface area contributed by atoms with Gasteiger partial charge in [0, 0.05) is 53.2 Å². The zero-order valence-corrected chi connectivity index (χ0v) is 15.6. The Kier molecular flexibility index (Phi) is 4.97. The Morgan fingerprint density at radius 1 is 1.19 bits per heavy atom. The van der Waals surface area contributed by atoms with Crippen LogP contribution in [0.3, 0.4) is 0 Å². The maximum Gasteiger partial charge on any atom is 0.234 e. The summed E-state index contributed by atoms with van der Waals surface area (Å²) >= 11 is 6.04. The Morgan fingerprint density at radius 3 is 2.81 bits per heavy atom. The molecule has 138 valence electrons. The maximum atomic E-state index is 12.9. The fraction of sp³-hybridized carbons (Fsp3) is 0.238. The van der Waals surface area contributed by atoms with Crippen LogP contribution in [0.5, 0.6) is 0 Å². The lowest BCUT2D eigenvalue weighted by atomic mass is 10.0. The third kappa shape index (κ3) is 3.89. The second-order valence-corrected chi connectivity index (χ2v) is 7.26. The van der Waals surface area contributed by atoms with Crippen molar-refractivity contribution in [2.24, 2.45) is 0 Å². The molecule has 0 radical (unpaired) electrons. The van der Waals surface area contributed by atoms with E-state index in [0.29, 0.717) is 23.5 Å². The van der Waals surface area contributed by atoms with Crippen LogP contribution in [0, 0.1) is 0 Å². The average Bonchev–Trinajstić information content (AvgIpc) is 2.68. The third-order valence-electron chi connectivity index (χ3n) is 4.91. The summed E-state index contributed by atoms with van der Waals surface area (Å²) in [6.07, 6.45) is 0.717. The van der Waals surface area contributed by atoms with Crippen LogP contribution < -0.4 is 10.7 Å². The molecule has 0 atom stereocenters. The van der Waals surface area contributed by atoms with E-state index in [1.807, 2.05) is 41.3 Å². The Morgan fingerprint density at radius 2 is 2.00 bits per heavy atom. The van der Waals surface area contributed by atoms with Crippen molar-refractivity contribution in [1.82, 2.24) is 15.2 Å². The van der Waals surface area contributed by atoms with Crippen LogP contribution in [-0.4, -0.2) is 28.9 Å². The van der Waals surface area contributed by atoms with Crippen molar-refractivity contribution in [1.29, 1.82) is 0 Å². The second kappa shape index (κ2) is 7.55. The summed E-state index contributed by atoms with van der Waals surface area (Å²) in [5.41, 5.74) is 3.55. The Balaban J connectivity index is 1.46. The summed E-state index contributed by atoms with van der Waals surface area (Å²) < 4.78 is 0. The van der Waals surface area contributed by atoms with E-state index >= 15 is 0 Å².